The maximum atomic E-state index is 13.7. The monoisotopic (exact) mass is 608 g/mol. The predicted molar refractivity (Wildman–Crippen MR) is 164 cm³/mol. The third kappa shape index (κ3) is 5.42. The van der Waals surface area contributed by atoms with Crippen LogP contribution >= 0.6 is 0 Å². The van der Waals surface area contributed by atoms with Crippen molar-refractivity contribution in [3.8, 4) is 5.82 Å². The van der Waals surface area contributed by atoms with Crippen molar-refractivity contribution in [2.24, 2.45) is 0 Å². The lowest BCUT2D eigenvalue weighted by Crippen LogP contribution is -2.57. The van der Waals surface area contributed by atoms with Crippen LogP contribution in [0.15, 0.2) is 65.2 Å². The fraction of sp³-hybridized carbons (Fsp3) is 0.333. The number of aromatic nitrogens is 4. The smallest absolute Gasteiger partial charge is 0.394 e. The summed E-state index contributed by atoms with van der Waals surface area (Å²) in [5, 5.41) is 11.7. The number of ether oxygens (including phenoxy) is 2. The second kappa shape index (κ2) is 11.8. The van der Waals surface area contributed by atoms with Crippen molar-refractivity contribution in [3.05, 3.63) is 77.9 Å². The summed E-state index contributed by atoms with van der Waals surface area (Å²) in [6, 6.07) is 16.1. The number of pyridine rings is 1. The van der Waals surface area contributed by atoms with Gasteiger partial charge in [-0.25, -0.2) is 19.4 Å². The Bertz CT molecular complexity index is 1900. The number of carbonyl (C=O) groups is 3. The van der Waals surface area contributed by atoms with Crippen molar-refractivity contribution in [1.29, 1.82) is 0 Å². The van der Waals surface area contributed by atoms with Gasteiger partial charge >= 0.3 is 11.9 Å². The van der Waals surface area contributed by atoms with E-state index in [-0.39, 0.29) is 12.5 Å². The number of methoxy groups -OCH3 is 1. The molecule has 1 aliphatic carbocycles. The van der Waals surface area contributed by atoms with Gasteiger partial charge in [0.2, 0.25) is 0 Å². The number of fused-ring (bicyclic) bond motifs is 2. The molecule has 230 valence electrons. The Morgan fingerprint density at radius 2 is 1.89 bits per heavy atom. The number of hydrogen-bond donors (Lipinski definition) is 2. The first kappa shape index (κ1) is 28.7. The fourth-order valence-corrected chi connectivity index (χ4v) is 6.29. The van der Waals surface area contributed by atoms with Crippen molar-refractivity contribution in [2.45, 2.75) is 50.0 Å². The van der Waals surface area contributed by atoms with Gasteiger partial charge in [-0.1, -0.05) is 31.4 Å². The summed E-state index contributed by atoms with van der Waals surface area (Å²) in [6.45, 7) is 0.336. The molecule has 0 spiro atoms. The molecule has 3 aromatic heterocycles. The van der Waals surface area contributed by atoms with E-state index in [1.165, 1.54) is 26.4 Å². The highest BCUT2D eigenvalue weighted by molar-refractivity contribution is 6.05. The van der Waals surface area contributed by atoms with Gasteiger partial charge in [-0.05, 0) is 55.3 Å². The van der Waals surface area contributed by atoms with E-state index in [9.17, 15) is 14.4 Å². The van der Waals surface area contributed by atoms with Gasteiger partial charge in [0.1, 0.15) is 11.1 Å². The van der Waals surface area contributed by atoms with E-state index in [4.69, 9.17) is 14.3 Å². The van der Waals surface area contributed by atoms with Crippen LogP contribution in [0.25, 0.3) is 27.8 Å². The van der Waals surface area contributed by atoms with Crippen LogP contribution in [0.4, 0.5) is 5.69 Å². The normalized spacial score (nSPS) is 18.7. The maximum Gasteiger partial charge on any atom is 0.394 e. The summed E-state index contributed by atoms with van der Waals surface area (Å²) in [5.41, 5.74) is 2.09. The lowest BCUT2D eigenvalue weighted by molar-refractivity contribution is -0.122. The zero-order chi connectivity index (χ0) is 31.0. The quantitative estimate of drug-likeness (QED) is 0.245. The van der Waals surface area contributed by atoms with Gasteiger partial charge in [0.25, 0.3) is 11.8 Å². The molecule has 5 aromatic rings. The van der Waals surface area contributed by atoms with E-state index in [0.717, 1.165) is 29.7 Å². The summed E-state index contributed by atoms with van der Waals surface area (Å²) >= 11 is 0. The minimum Gasteiger partial charge on any atom is -0.462 e. The molecule has 45 heavy (non-hydrogen) atoms. The van der Waals surface area contributed by atoms with Crippen LogP contribution in [-0.2, 0) is 14.3 Å². The van der Waals surface area contributed by atoms with Gasteiger partial charge in [-0.3, -0.25) is 9.59 Å². The number of rotatable bonds is 7. The van der Waals surface area contributed by atoms with E-state index in [1.807, 2.05) is 28.9 Å². The molecule has 7 rings (SSSR count). The molecule has 2 aliphatic rings. The van der Waals surface area contributed by atoms with Gasteiger partial charge < -0.3 is 24.5 Å². The molecular weight excluding hydrogens is 576 g/mol. The molecule has 4 heterocycles. The summed E-state index contributed by atoms with van der Waals surface area (Å²) in [5.74, 6) is -0.616. The first-order valence-corrected chi connectivity index (χ1v) is 15.1. The number of nitrogens with one attached hydrogen (secondary N) is 2. The Labute approximate surface area is 258 Å². The molecule has 1 aliphatic heterocycles. The molecule has 1 saturated carbocycles. The minimum absolute atomic E-state index is 0.0195. The van der Waals surface area contributed by atoms with Gasteiger partial charge in [0, 0.05) is 41.8 Å². The van der Waals surface area contributed by atoms with E-state index >= 15 is 0 Å². The molecule has 0 radical (unpaired) electrons. The van der Waals surface area contributed by atoms with Gasteiger partial charge in [0.05, 0.1) is 24.9 Å². The Hall–Kier alpha value is -5.10. The van der Waals surface area contributed by atoms with E-state index in [0.29, 0.717) is 46.8 Å². The van der Waals surface area contributed by atoms with Crippen LogP contribution in [0.1, 0.15) is 71.2 Å². The molecule has 1 atom stereocenters. The zero-order valence-electron chi connectivity index (χ0n) is 24.7. The summed E-state index contributed by atoms with van der Waals surface area (Å²) in [4.78, 5) is 47.8. The topological polar surface area (TPSA) is 150 Å². The standard InChI is InChI=1S/C33H32N6O6/c1-43-31(41)30-36-25-18-22(11-13-26(25)45-30)35-32(42)33(14-16-44-19-33)37-29(40)21-10-12-23-24(17-21)38-39(27-9-5-6-15-34-27)28(23)20-7-3-2-4-8-20/h5-6,9-13,15,17-18,20H,2-4,7-8,14,16,19H2,1H3,(H,35,42)(H,37,40)/t33-/m0/s1. The average Bonchev–Trinajstić information content (AvgIpc) is 3.82. The van der Waals surface area contributed by atoms with Crippen molar-refractivity contribution in [3.63, 3.8) is 0 Å². The van der Waals surface area contributed by atoms with Crippen molar-refractivity contribution < 1.29 is 28.3 Å². The fourth-order valence-electron chi connectivity index (χ4n) is 6.29. The second-order valence-electron chi connectivity index (χ2n) is 11.5. The van der Waals surface area contributed by atoms with Crippen molar-refractivity contribution in [1.82, 2.24) is 25.1 Å². The van der Waals surface area contributed by atoms with Gasteiger partial charge in [-0.15, -0.1) is 0 Å². The van der Waals surface area contributed by atoms with Crippen molar-refractivity contribution in [2.75, 3.05) is 25.6 Å². The molecule has 2 fully saturated rings. The molecule has 2 N–H and O–H groups in total. The van der Waals surface area contributed by atoms with Crippen LogP contribution < -0.4 is 10.6 Å². The van der Waals surface area contributed by atoms with E-state index < -0.39 is 23.3 Å². The molecular formula is C33H32N6O6. The third-order valence-corrected chi connectivity index (χ3v) is 8.64. The third-order valence-electron chi connectivity index (χ3n) is 8.64. The van der Waals surface area contributed by atoms with Gasteiger partial charge in [0.15, 0.2) is 11.4 Å². The molecule has 12 heteroatoms. The molecule has 12 nitrogen and oxygen atoms in total. The number of oxazole rings is 1. The first-order valence-electron chi connectivity index (χ1n) is 15.1. The average molecular weight is 609 g/mol. The SMILES string of the molecule is COC(=O)c1nc2cc(NC(=O)[C@]3(NC(=O)c4ccc5c(C6CCCCC6)n(-c6ccccn6)nc5c4)CCOC3)ccc2o1. The number of nitrogens with zero attached hydrogens (tertiary/aromatic N) is 4. The Morgan fingerprint density at radius 3 is 2.64 bits per heavy atom. The second-order valence-corrected chi connectivity index (χ2v) is 11.5. The maximum absolute atomic E-state index is 13.7. The highest BCUT2D eigenvalue weighted by Crippen LogP contribution is 2.38. The number of amides is 2. The number of anilines is 1. The molecule has 2 aromatic carbocycles. The predicted octanol–water partition coefficient (Wildman–Crippen LogP) is 4.92. The van der Waals surface area contributed by atoms with Crippen LogP contribution in [-0.4, -0.2) is 63.4 Å². The summed E-state index contributed by atoms with van der Waals surface area (Å²) < 4.78 is 17.6. The molecule has 2 amide bonds. The molecule has 1 saturated heterocycles. The molecule has 0 unspecified atom stereocenters. The van der Waals surface area contributed by atoms with Crippen LogP contribution in [0.2, 0.25) is 0 Å². The number of hydrogen-bond acceptors (Lipinski definition) is 9. The lowest BCUT2D eigenvalue weighted by atomic mass is 9.85. The lowest BCUT2D eigenvalue weighted by Gasteiger charge is -2.27. The van der Waals surface area contributed by atoms with Crippen LogP contribution in [0.5, 0.6) is 0 Å². The number of benzene rings is 2. The van der Waals surface area contributed by atoms with E-state index in [1.54, 1.807) is 36.5 Å². The number of carbonyl (C=O) groups excluding carboxylic acids is 3. The largest absolute Gasteiger partial charge is 0.462 e. The van der Waals surface area contributed by atoms with Crippen molar-refractivity contribution >= 4 is 45.5 Å². The highest BCUT2D eigenvalue weighted by Gasteiger charge is 2.44. The zero-order valence-corrected chi connectivity index (χ0v) is 24.7. The van der Waals surface area contributed by atoms with Crippen LogP contribution in [0, 0.1) is 0 Å². The van der Waals surface area contributed by atoms with Gasteiger partial charge in [-0.2, -0.15) is 5.10 Å². The summed E-state index contributed by atoms with van der Waals surface area (Å²) in [6.07, 6.45) is 7.81. The minimum atomic E-state index is -1.29. The Morgan fingerprint density at radius 1 is 1.02 bits per heavy atom. The summed E-state index contributed by atoms with van der Waals surface area (Å²) in [7, 11) is 1.24. The number of esters is 1. The first-order chi connectivity index (χ1) is 21.9. The Balaban J connectivity index is 1.15. The van der Waals surface area contributed by atoms with E-state index in [2.05, 4.69) is 25.3 Å². The Kier molecular flexibility index (Phi) is 7.50. The molecule has 0 bridgehead atoms. The highest BCUT2D eigenvalue weighted by atomic mass is 16.5. The van der Waals surface area contributed by atoms with Crippen LogP contribution in [0.3, 0.4) is 0 Å².